The van der Waals surface area contributed by atoms with Crippen molar-refractivity contribution in [2.24, 2.45) is 0 Å². The van der Waals surface area contributed by atoms with Gasteiger partial charge in [-0.15, -0.1) is 11.8 Å². The summed E-state index contributed by atoms with van der Waals surface area (Å²) in [5, 5.41) is 8.10. The predicted octanol–water partition coefficient (Wildman–Crippen LogP) is 1.37. The predicted molar refractivity (Wildman–Crippen MR) is 69.3 cm³/mol. The highest BCUT2D eigenvalue weighted by atomic mass is 32.2. The van der Waals surface area contributed by atoms with Crippen LogP contribution < -0.4 is 10.6 Å². The Labute approximate surface area is 110 Å². The number of urea groups is 1. The molecule has 0 saturated carbocycles. The number of thioether (sulfide) groups is 1. The Morgan fingerprint density at radius 1 is 1.44 bits per heavy atom. The van der Waals surface area contributed by atoms with Gasteiger partial charge in [-0.25, -0.2) is 4.79 Å². The van der Waals surface area contributed by atoms with Crippen molar-refractivity contribution in [1.29, 1.82) is 0 Å². The van der Waals surface area contributed by atoms with Gasteiger partial charge in [0.25, 0.3) is 0 Å². The van der Waals surface area contributed by atoms with Gasteiger partial charge in [-0.2, -0.15) is 0 Å². The number of aryl methyl sites for hydroxylation is 2. The third-order valence-electron chi connectivity index (χ3n) is 2.49. The summed E-state index contributed by atoms with van der Waals surface area (Å²) in [6.07, 6.45) is 0. The fraction of sp³-hybridized carbons (Fsp3) is 0.545. The standard InChI is InChI=1S/C11H17N3O3S/c1-6-9(7(2)17-14-6)5-18-8(3)10(15)13-11(16)12-4/h8H,5H2,1-4H3,(H2,12,13,15,16)/t8-/m0/s1. The second-order valence-electron chi connectivity index (χ2n) is 3.82. The number of nitrogens with zero attached hydrogens (tertiary/aromatic N) is 1. The number of nitrogens with one attached hydrogen (secondary N) is 2. The molecule has 0 aromatic carbocycles. The van der Waals surface area contributed by atoms with Crippen molar-refractivity contribution < 1.29 is 14.1 Å². The Morgan fingerprint density at radius 3 is 2.61 bits per heavy atom. The lowest BCUT2D eigenvalue weighted by Crippen LogP contribution is -2.41. The zero-order valence-corrected chi connectivity index (χ0v) is 11.7. The van der Waals surface area contributed by atoms with Crippen LogP contribution in [0.25, 0.3) is 0 Å². The van der Waals surface area contributed by atoms with Gasteiger partial charge in [0.1, 0.15) is 5.76 Å². The molecule has 1 heterocycles. The van der Waals surface area contributed by atoms with E-state index >= 15 is 0 Å². The zero-order valence-electron chi connectivity index (χ0n) is 10.9. The normalized spacial score (nSPS) is 12.0. The van der Waals surface area contributed by atoms with Crippen LogP contribution in [0.2, 0.25) is 0 Å². The topological polar surface area (TPSA) is 84.2 Å². The molecule has 1 atom stereocenters. The Morgan fingerprint density at radius 2 is 2.11 bits per heavy atom. The van der Waals surface area contributed by atoms with E-state index in [4.69, 9.17) is 4.52 Å². The van der Waals surface area contributed by atoms with Crippen LogP contribution in [0.4, 0.5) is 4.79 Å². The van der Waals surface area contributed by atoms with E-state index < -0.39 is 6.03 Å². The molecule has 7 heteroatoms. The number of rotatable bonds is 4. The monoisotopic (exact) mass is 271 g/mol. The lowest BCUT2D eigenvalue weighted by atomic mass is 10.2. The van der Waals surface area contributed by atoms with Crippen LogP contribution in [-0.4, -0.2) is 29.4 Å². The molecule has 0 radical (unpaired) electrons. The summed E-state index contributed by atoms with van der Waals surface area (Å²) in [6.45, 7) is 5.45. The highest BCUT2D eigenvalue weighted by Crippen LogP contribution is 2.22. The molecule has 0 aliphatic carbocycles. The highest BCUT2D eigenvalue weighted by molar-refractivity contribution is 7.99. The summed E-state index contributed by atoms with van der Waals surface area (Å²) in [6, 6.07) is -0.496. The van der Waals surface area contributed by atoms with Crippen LogP contribution in [0.5, 0.6) is 0 Å². The van der Waals surface area contributed by atoms with Gasteiger partial charge in [-0.3, -0.25) is 10.1 Å². The van der Waals surface area contributed by atoms with Gasteiger partial charge < -0.3 is 9.84 Å². The van der Waals surface area contributed by atoms with Crippen molar-refractivity contribution in [2.45, 2.75) is 31.8 Å². The molecule has 100 valence electrons. The van der Waals surface area contributed by atoms with Gasteiger partial charge in [-0.05, 0) is 20.8 Å². The first kappa shape index (κ1) is 14.6. The van der Waals surface area contributed by atoms with Crippen LogP contribution in [0.3, 0.4) is 0 Å². The van der Waals surface area contributed by atoms with Gasteiger partial charge >= 0.3 is 6.03 Å². The van der Waals surface area contributed by atoms with E-state index in [9.17, 15) is 9.59 Å². The number of carbonyl (C=O) groups is 2. The van der Waals surface area contributed by atoms with E-state index in [0.717, 1.165) is 17.0 Å². The van der Waals surface area contributed by atoms with Crippen LogP contribution >= 0.6 is 11.8 Å². The molecule has 0 unspecified atom stereocenters. The number of amides is 3. The maximum Gasteiger partial charge on any atom is 0.321 e. The first-order valence-electron chi connectivity index (χ1n) is 5.51. The number of hydrogen-bond acceptors (Lipinski definition) is 5. The molecule has 6 nitrogen and oxygen atoms in total. The quantitative estimate of drug-likeness (QED) is 0.864. The minimum Gasteiger partial charge on any atom is -0.361 e. The van der Waals surface area contributed by atoms with Gasteiger partial charge in [0, 0.05) is 18.4 Å². The smallest absolute Gasteiger partial charge is 0.321 e. The van der Waals surface area contributed by atoms with Gasteiger partial charge in [-0.1, -0.05) is 5.16 Å². The summed E-state index contributed by atoms with van der Waals surface area (Å²) in [5.74, 6) is 1.08. The van der Waals surface area contributed by atoms with Gasteiger partial charge in [0.15, 0.2) is 0 Å². The number of aromatic nitrogens is 1. The van der Waals surface area contributed by atoms with E-state index in [1.165, 1.54) is 18.8 Å². The molecule has 18 heavy (non-hydrogen) atoms. The number of imide groups is 1. The van der Waals surface area contributed by atoms with Crippen molar-refractivity contribution in [3.05, 3.63) is 17.0 Å². The third-order valence-corrected chi connectivity index (χ3v) is 3.66. The molecule has 0 aliphatic rings. The van der Waals surface area contributed by atoms with E-state index in [2.05, 4.69) is 15.8 Å². The zero-order chi connectivity index (χ0) is 13.7. The van der Waals surface area contributed by atoms with Crippen LogP contribution in [-0.2, 0) is 10.5 Å². The Kier molecular flexibility index (Phi) is 5.21. The summed E-state index contributed by atoms with van der Waals surface area (Å²) in [4.78, 5) is 22.6. The molecule has 0 aliphatic heterocycles. The van der Waals surface area contributed by atoms with E-state index in [1.54, 1.807) is 6.92 Å². The molecule has 0 saturated heterocycles. The fourth-order valence-corrected chi connectivity index (χ4v) is 2.31. The molecule has 2 N–H and O–H groups in total. The second-order valence-corrected chi connectivity index (χ2v) is 5.15. The van der Waals surface area contributed by atoms with Gasteiger partial charge in [0.05, 0.1) is 10.9 Å². The van der Waals surface area contributed by atoms with Crippen molar-refractivity contribution in [3.8, 4) is 0 Å². The molecule has 0 bridgehead atoms. The first-order chi connectivity index (χ1) is 8.45. The third kappa shape index (κ3) is 3.76. The Bertz CT molecular complexity index is 425. The molecule has 1 rings (SSSR count). The van der Waals surface area contributed by atoms with Crippen molar-refractivity contribution >= 4 is 23.7 Å². The summed E-state index contributed by atoms with van der Waals surface area (Å²) in [7, 11) is 1.46. The first-order valence-corrected chi connectivity index (χ1v) is 6.56. The maximum absolute atomic E-state index is 11.6. The molecular weight excluding hydrogens is 254 g/mol. The molecule has 1 aromatic rings. The average Bonchev–Trinajstić information content (AvgIpc) is 2.65. The average molecular weight is 271 g/mol. The molecule has 0 fully saturated rings. The summed E-state index contributed by atoms with van der Waals surface area (Å²) < 4.78 is 5.04. The fourth-order valence-electron chi connectivity index (χ4n) is 1.27. The molecular formula is C11H17N3O3S. The van der Waals surface area contributed by atoms with Crippen molar-refractivity contribution in [1.82, 2.24) is 15.8 Å². The SMILES string of the molecule is CNC(=O)NC(=O)[C@H](C)SCc1c(C)noc1C. The second kappa shape index (κ2) is 6.44. The van der Waals surface area contributed by atoms with E-state index in [-0.39, 0.29) is 11.2 Å². The lowest BCUT2D eigenvalue weighted by Gasteiger charge is -2.10. The highest BCUT2D eigenvalue weighted by Gasteiger charge is 2.17. The minimum atomic E-state index is -0.496. The Balaban J connectivity index is 2.48. The maximum atomic E-state index is 11.6. The van der Waals surface area contributed by atoms with Crippen LogP contribution in [0.1, 0.15) is 23.9 Å². The van der Waals surface area contributed by atoms with Gasteiger partial charge in [0.2, 0.25) is 5.91 Å². The largest absolute Gasteiger partial charge is 0.361 e. The van der Waals surface area contributed by atoms with E-state index in [1.807, 2.05) is 13.8 Å². The molecule has 1 aromatic heterocycles. The van der Waals surface area contributed by atoms with Crippen molar-refractivity contribution in [3.63, 3.8) is 0 Å². The van der Waals surface area contributed by atoms with Crippen LogP contribution in [0, 0.1) is 13.8 Å². The number of carbonyl (C=O) groups excluding carboxylic acids is 2. The number of hydrogen-bond donors (Lipinski definition) is 2. The van der Waals surface area contributed by atoms with Crippen LogP contribution in [0.15, 0.2) is 4.52 Å². The molecule has 0 spiro atoms. The minimum absolute atomic E-state index is 0.314. The summed E-state index contributed by atoms with van der Waals surface area (Å²) >= 11 is 1.43. The molecule has 3 amide bonds. The van der Waals surface area contributed by atoms with E-state index in [0.29, 0.717) is 5.75 Å². The lowest BCUT2D eigenvalue weighted by molar-refractivity contribution is -0.119. The van der Waals surface area contributed by atoms with Crippen molar-refractivity contribution in [2.75, 3.05) is 7.05 Å². The summed E-state index contributed by atoms with van der Waals surface area (Å²) in [5.41, 5.74) is 1.83. The Hall–Kier alpha value is -1.50.